The molecule has 4 nitrogen and oxygen atoms in total. The Balaban J connectivity index is 2.06. The first-order valence-electron chi connectivity index (χ1n) is 6.22. The van der Waals surface area contributed by atoms with Gasteiger partial charge in [-0.15, -0.1) is 0 Å². The van der Waals surface area contributed by atoms with Crippen molar-refractivity contribution in [2.24, 2.45) is 5.73 Å². The number of nitrogens with two attached hydrogens (primary N) is 1. The van der Waals surface area contributed by atoms with Gasteiger partial charge in [-0.05, 0) is 17.7 Å². The smallest absolute Gasteiger partial charge is 0.387 e. The minimum Gasteiger partial charge on any atom is -0.435 e. The highest BCUT2D eigenvalue weighted by atomic mass is 19.3. The normalized spacial score (nSPS) is 12.0. The van der Waals surface area contributed by atoms with Crippen molar-refractivity contribution in [2.45, 2.75) is 12.7 Å². The molecular formula is C15H14F2N2O2. The number of rotatable bonds is 5. The Kier molecular flexibility index (Phi) is 4.84. The molecule has 21 heavy (non-hydrogen) atoms. The van der Waals surface area contributed by atoms with E-state index in [-0.39, 0.29) is 5.75 Å². The van der Waals surface area contributed by atoms with Crippen molar-refractivity contribution in [1.29, 1.82) is 0 Å². The van der Waals surface area contributed by atoms with Crippen LogP contribution < -0.4 is 15.8 Å². The minimum atomic E-state index is -2.91. The average Bonchev–Trinajstić information content (AvgIpc) is 2.47. The number of anilines is 1. The second-order valence-electron chi connectivity index (χ2n) is 4.28. The minimum absolute atomic E-state index is 0.0314. The first-order chi connectivity index (χ1) is 10.1. The number of amides is 1. The summed E-state index contributed by atoms with van der Waals surface area (Å²) in [6, 6.07) is 13.8. The molecule has 0 aliphatic heterocycles. The Morgan fingerprint density at radius 3 is 2.48 bits per heavy atom. The largest absolute Gasteiger partial charge is 0.435 e. The van der Waals surface area contributed by atoms with Crippen molar-refractivity contribution in [1.82, 2.24) is 0 Å². The fraction of sp³-hybridized carbons (Fsp3) is 0.133. The van der Waals surface area contributed by atoms with Crippen LogP contribution in [-0.4, -0.2) is 12.5 Å². The van der Waals surface area contributed by atoms with Crippen LogP contribution in [0, 0.1) is 0 Å². The van der Waals surface area contributed by atoms with Crippen molar-refractivity contribution in [2.75, 3.05) is 5.32 Å². The number of benzene rings is 2. The maximum Gasteiger partial charge on any atom is 0.387 e. The first kappa shape index (κ1) is 14.9. The quantitative estimate of drug-likeness (QED) is 0.890. The topological polar surface area (TPSA) is 64.4 Å². The highest BCUT2D eigenvalue weighted by Crippen LogP contribution is 2.20. The lowest BCUT2D eigenvalue weighted by Gasteiger charge is -2.13. The zero-order valence-corrected chi connectivity index (χ0v) is 11.0. The molecule has 0 spiro atoms. The van der Waals surface area contributed by atoms with Gasteiger partial charge in [-0.1, -0.05) is 36.4 Å². The lowest BCUT2D eigenvalue weighted by Crippen LogP contribution is -2.27. The second kappa shape index (κ2) is 6.81. The van der Waals surface area contributed by atoms with Gasteiger partial charge in [0.25, 0.3) is 0 Å². The number of ether oxygens (including phenoxy) is 1. The predicted octanol–water partition coefficient (Wildman–Crippen LogP) is 2.93. The third kappa shape index (κ3) is 4.25. The Labute approximate surface area is 120 Å². The molecule has 0 saturated heterocycles. The number of nitrogens with one attached hydrogen (secondary N) is 1. The summed E-state index contributed by atoms with van der Waals surface area (Å²) < 4.78 is 28.5. The van der Waals surface area contributed by atoms with Crippen LogP contribution in [0.4, 0.5) is 14.5 Å². The van der Waals surface area contributed by atoms with Gasteiger partial charge in [-0.3, -0.25) is 4.79 Å². The van der Waals surface area contributed by atoms with E-state index in [0.29, 0.717) is 11.3 Å². The fourth-order valence-electron chi connectivity index (χ4n) is 1.78. The summed E-state index contributed by atoms with van der Waals surface area (Å²) in [7, 11) is 0. The molecule has 0 heterocycles. The van der Waals surface area contributed by atoms with Gasteiger partial charge in [-0.2, -0.15) is 8.78 Å². The monoisotopic (exact) mass is 292 g/mol. The van der Waals surface area contributed by atoms with Crippen LogP contribution in [0.5, 0.6) is 5.75 Å². The lowest BCUT2D eigenvalue weighted by molar-refractivity contribution is -0.117. The van der Waals surface area contributed by atoms with E-state index in [0.717, 1.165) is 0 Å². The molecule has 2 rings (SSSR count). The third-order valence-electron chi connectivity index (χ3n) is 2.77. The number of alkyl halides is 2. The van der Waals surface area contributed by atoms with E-state index < -0.39 is 18.6 Å². The summed E-state index contributed by atoms with van der Waals surface area (Å²) in [5, 5.41) is 2.56. The van der Waals surface area contributed by atoms with Gasteiger partial charge < -0.3 is 15.8 Å². The van der Waals surface area contributed by atoms with Crippen molar-refractivity contribution in [3.63, 3.8) is 0 Å². The highest BCUT2D eigenvalue weighted by Gasteiger charge is 2.15. The molecule has 0 radical (unpaired) electrons. The molecule has 6 heteroatoms. The van der Waals surface area contributed by atoms with Crippen LogP contribution >= 0.6 is 0 Å². The van der Waals surface area contributed by atoms with Crippen LogP contribution in [0.1, 0.15) is 11.6 Å². The molecule has 3 N–H and O–H groups in total. The molecule has 0 saturated carbocycles. The summed E-state index contributed by atoms with van der Waals surface area (Å²) in [4.78, 5) is 12.0. The Hall–Kier alpha value is -2.47. The van der Waals surface area contributed by atoms with E-state index in [1.54, 1.807) is 30.3 Å². The molecule has 2 aromatic rings. The molecular weight excluding hydrogens is 278 g/mol. The van der Waals surface area contributed by atoms with E-state index in [9.17, 15) is 13.6 Å². The van der Waals surface area contributed by atoms with E-state index in [1.807, 2.05) is 6.07 Å². The third-order valence-corrected chi connectivity index (χ3v) is 2.77. The molecule has 0 bridgehead atoms. The number of carbonyl (C=O) groups excluding carboxylic acids is 1. The van der Waals surface area contributed by atoms with Gasteiger partial charge in [0.2, 0.25) is 5.91 Å². The van der Waals surface area contributed by atoms with Crippen molar-refractivity contribution < 1.29 is 18.3 Å². The number of halogens is 2. The second-order valence-corrected chi connectivity index (χ2v) is 4.28. The molecule has 1 amide bonds. The van der Waals surface area contributed by atoms with Crippen LogP contribution in [0.25, 0.3) is 0 Å². The highest BCUT2D eigenvalue weighted by molar-refractivity contribution is 5.95. The standard InChI is InChI=1S/C15H14F2N2O2/c16-15(17)21-12-8-4-7-11(9-12)19-14(20)13(18)10-5-2-1-3-6-10/h1-9,13,15H,18H2,(H,19,20)/t13-/m1/s1. The molecule has 0 fully saturated rings. The maximum absolute atomic E-state index is 12.1. The van der Waals surface area contributed by atoms with Gasteiger partial charge >= 0.3 is 6.61 Å². The summed E-state index contributed by atoms with van der Waals surface area (Å²) >= 11 is 0. The van der Waals surface area contributed by atoms with Gasteiger partial charge in [0.05, 0.1) is 0 Å². The van der Waals surface area contributed by atoms with Crippen LogP contribution in [0.2, 0.25) is 0 Å². The van der Waals surface area contributed by atoms with Crippen molar-refractivity contribution in [3.8, 4) is 5.75 Å². The maximum atomic E-state index is 12.1. The summed E-state index contributed by atoms with van der Waals surface area (Å²) in [6.45, 7) is -2.91. The van der Waals surface area contributed by atoms with Crippen molar-refractivity contribution in [3.05, 3.63) is 60.2 Å². The van der Waals surface area contributed by atoms with Gasteiger partial charge in [0.15, 0.2) is 0 Å². The number of carbonyl (C=O) groups is 1. The van der Waals surface area contributed by atoms with E-state index >= 15 is 0 Å². The zero-order valence-electron chi connectivity index (χ0n) is 11.0. The summed E-state index contributed by atoms with van der Waals surface area (Å²) in [5.74, 6) is -0.466. The fourth-order valence-corrected chi connectivity index (χ4v) is 1.78. The van der Waals surface area contributed by atoms with Crippen LogP contribution in [0.3, 0.4) is 0 Å². The average molecular weight is 292 g/mol. The molecule has 0 aliphatic rings. The molecule has 0 unspecified atom stereocenters. The molecule has 1 atom stereocenters. The van der Waals surface area contributed by atoms with Gasteiger partial charge in [0.1, 0.15) is 11.8 Å². The summed E-state index contributed by atoms with van der Waals surface area (Å²) in [5.41, 5.74) is 6.84. The Morgan fingerprint density at radius 2 is 1.81 bits per heavy atom. The van der Waals surface area contributed by atoms with Crippen LogP contribution in [-0.2, 0) is 4.79 Å². The van der Waals surface area contributed by atoms with Crippen LogP contribution in [0.15, 0.2) is 54.6 Å². The molecule has 0 aromatic heterocycles. The molecule has 110 valence electrons. The van der Waals surface area contributed by atoms with E-state index in [1.165, 1.54) is 18.2 Å². The zero-order chi connectivity index (χ0) is 15.2. The van der Waals surface area contributed by atoms with Gasteiger partial charge in [-0.25, -0.2) is 0 Å². The van der Waals surface area contributed by atoms with Crippen molar-refractivity contribution >= 4 is 11.6 Å². The first-order valence-corrected chi connectivity index (χ1v) is 6.22. The number of hydrogen-bond donors (Lipinski definition) is 2. The number of hydrogen-bond acceptors (Lipinski definition) is 3. The lowest BCUT2D eigenvalue weighted by atomic mass is 10.1. The van der Waals surface area contributed by atoms with Gasteiger partial charge in [0, 0.05) is 11.8 Å². The summed E-state index contributed by atoms with van der Waals surface area (Å²) in [6.07, 6.45) is 0. The predicted molar refractivity (Wildman–Crippen MR) is 75.1 cm³/mol. The Morgan fingerprint density at radius 1 is 1.10 bits per heavy atom. The van der Waals surface area contributed by atoms with E-state index in [4.69, 9.17) is 5.73 Å². The molecule has 2 aromatic carbocycles. The van der Waals surface area contributed by atoms with E-state index in [2.05, 4.69) is 10.1 Å². The molecule has 0 aliphatic carbocycles. The SMILES string of the molecule is N[C@@H](C(=O)Nc1cccc(OC(F)F)c1)c1ccccc1. The Bertz CT molecular complexity index is 606.